The Labute approximate surface area is 127 Å². The van der Waals surface area contributed by atoms with Crippen LogP contribution in [0.2, 0.25) is 0 Å². The van der Waals surface area contributed by atoms with Crippen LogP contribution in [0.25, 0.3) is 0 Å². The minimum absolute atomic E-state index is 0.231. The molecule has 0 aromatic carbocycles. The molecule has 120 valence electrons. The highest BCUT2D eigenvalue weighted by Gasteiger charge is 2.51. The zero-order chi connectivity index (χ0) is 15.5. The molecule has 0 N–H and O–H groups in total. The summed E-state index contributed by atoms with van der Waals surface area (Å²) >= 11 is 0. The van der Waals surface area contributed by atoms with Gasteiger partial charge >= 0.3 is 5.97 Å². The fourth-order valence-corrected chi connectivity index (χ4v) is 3.04. The molecule has 2 saturated heterocycles. The van der Waals surface area contributed by atoms with E-state index in [0.717, 1.165) is 38.8 Å². The van der Waals surface area contributed by atoms with Gasteiger partial charge in [-0.25, -0.2) is 9.69 Å². The molecule has 5 nitrogen and oxygen atoms in total. The molecule has 5 heteroatoms. The standard InChI is InChI=1S/C16H27NO4/c1-12(2)15(18)19-9-7-5-6-8-16-17(10-13(3)20-16)11-14(4)21-16/h13-14H,1,5-11H2,2-4H3. The fraction of sp³-hybridized carbons (Fsp3) is 0.812. The number of fused-ring (bicyclic) bond motifs is 1. The smallest absolute Gasteiger partial charge is 0.333 e. The Morgan fingerprint density at radius 2 is 1.86 bits per heavy atom. The molecule has 2 rings (SSSR count). The molecule has 2 heterocycles. The maximum atomic E-state index is 11.2. The molecule has 2 aliphatic rings. The van der Waals surface area contributed by atoms with Gasteiger partial charge < -0.3 is 14.2 Å². The average Bonchev–Trinajstić information content (AvgIpc) is 2.83. The van der Waals surface area contributed by atoms with Gasteiger partial charge in [0.1, 0.15) is 0 Å². The molecule has 0 bridgehead atoms. The van der Waals surface area contributed by atoms with Crippen LogP contribution in [-0.2, 0) is 19.0 Å². The first-order valence-electron chi connectivity index (χ1n) is 7.86. The van der Waals surface area contributed by atoms with Crippen LogP contribution >= 0.6 is 0 Å². The van der Waals surface area contributed by atoms with Crippen molar-refractivity contribution in [3.05, 3.63) is 12.2 Å². The minimum Gasteiger partial charge on any atom is -0.462 e. The van der Waals surface area contributed by atoms with E-state index < -0.39 is 5.91 Å². The van der Waals surface area contributed by atoms with Crippen molar-refractivity contribution in [1.29, 1.82) is 0 Å². The third-order valence-electron chi connectivity index (χ3n) is 3.93. The Bertz CT molecular complexity index is 382. The van der Waals surface area contributed by atoms with Crippen molar-refractivity contribution < 1.29 is 19.0 Å². The van der Waals surface area contributed by atoms with Crippen LogP contribution in [0.5, 0.6) is 0 Å². The highest BCUT2D eigenvalue weighted by Crippen LogP contribution is 2.39. The predicted molar refractivity (Wildman–Crippen MR) is 79.6 cm³/mol. The van der Waals surface area contributed by atoms with Gasteiger partial charge in [0.2, 0.25) is 5.91 Å². The first kappa shape index (κ1) is 16.5. The van der Waals surface area contributed by atoms with E-state index >= 15 is 0 Å². The highest BCUT2D eigenvalue weighted by atomic mass is 16.7. The van der Waals surface area contributed by atoms with Crippen LogP contribution in [0, 0.1) is 0 Å². The summed E-state index contributed by atoms with van der Waals surface area (Å²) in [5, 5.41) is 0. The Morgan fingerprint density at radius 3 is 2.43 bits per heavy atom. The number of carbonyl (C=O) groups is 1. The van der Waals surface area contributed by atoms with Crippen molar-refractivity contribution >= 4 is 5.97 Å². The van der Waals surface area contributed by atoms with Gasteiger partial charge in [-0.2, -0.15) is 0 Å². The van der Waals surface area contributed by atoms with E-state index in [1.807, 2.05) is 0 Å². The van der Waals surface area contributed by atoms with Crippen LogP contribution in [0.4, 0.5) is 0 Å². The summed E-state index contributed by atoms with van der Waals surface area (Å²) in [6.07, 6.45) is 4.19. The number of rotatable bonds is 7. The molecular weight excluding hydrogens is 270 g/mol. The van der Waals surface area contributed by atoms with Gasteiger partial charge in [-0.3, -0.25) is 0 Å². The lowest BCUT2D eigenvalue weighted by Gasteiger charge is -2.29. The monoisotopic (exact) mass is 297 g/mol. The van der Waals surface area contributed by atoms with Gasteiger partial charge in [-0.1, -0.05) is 6.58 Å². The molecule has 0 amide bonds. The SMILES string of the molecule is C=C(C)C(=O)OCCCCCC12OC(C)CN1CC(C)O2. The normalized spacial score (nSPS) is 32.1. The zero-order valence-electron chi connectivity index (χ0n) is 13.4. The Hall–Kier alpha value is -0.910. The molecule has 2 fully saturated rings. The lowest BCUT2D eigenvalue weighted by molar-refractivity contribution is -0.258. The van der Waals surface area contributed by atoms with E-state index in [4.69, 9.17) is 14.2 Å². The lowest BCUT2D eigenvalue weighted by atomic mass is 10.1. The van der Waals surface area contributed by atoms with Gasteiger partial charge in [0.25, 0.3) is 0 Å². The first-order valence-corrected chi connectivity index (χ1v) is 7.86. The Morgan fingerprint density at radius 1 is 1.24 bits per heavy atom. The van der Waals surface area contributed by atoms with Crippen molar-refractivity contribution in [2.24, 2.45) is 0 Å². The molecular formula is C16H27NO4. The van der Waals surface area contributed by atoms with E-state index in [1.54, 1.807) is 6.92 Å². The van der Waals surface area contributed by atoms with Crippen molar-refractivity contribution in [3.8, 4) is 0 Å². The van der Waals surface area contributed by atoms with Crippen LogP contribution in [0.3, 0.4) is 0 Å². The second-order valence-corrected chi connectivity index (χ2v) is 6.20. The minimum atomic E-state index is -0.507. The highest BCUT2D eigenvalue weighted by molar-refractivity contribution is 5.86. The quantitative estimate of drug-likeness (QED) is 0.410. The molecule has 2 aliphatic heterocycles. The molecule has 0 saturated carbocycles. The molecule has 0 aromatic rings. The van der Waals surface area contributed by atoms with Gasteiger partial charge in [-0.15, -0.1) is 0 Å². The summed E-state index contributed by atoms with van der Waals surface area (Å²) in [4.78, 5) is 13.5. The van der Waals surface area contributed by atoms with Gasteiger partial charge in [0.15, 0.2) is 0 Å². The largest absolute Gasteiger partial charge is 0.462 e. The van der Waals surface area contributed by atoms with Gasteiger partial charge in [0, 0.05) is 25.1 Å². The predicted octanol–water partition coefficient (Wildman–Crippen LogP) is 2.46. The van der Waals surface area contributed by atoms with Crippen molar-refractivity contribution in [3.63, 3.8) is 0 Å². The van der Waals surface area contributed by atoms with Crippen molar-refractivity contribution in [2.75, 3.05) is 19.7 Å². The van der Waals surface area contributed by atoms with E-state index in [2.05, 4.69) is 25.3 Å². The second-order valence-electron chi connectivity index (χ2n) is 6.20. The number of hydrogen-bond donors (Lipinski definition) is 0. The Kier molecular flexibility index (Phi) is 5.41. The van der Waals surface area contributed by atoms with Crippen molar-refractivity contribution in [1.82, 2.24) is 4.90 Å². The maximum absolute atomic E-state index is 11.2. The van der Waals surface area contributed by atoms with Crippen LogP contribution < -0.4 is 0 Å². The molecule has 2 atom stereocenters. The van der Waals surface area contributed by atoms with E-state index in [1.165, 1.54) is 0 Å². The zero-order valence-corrected chi connectivity index (χ0v) is 13.4. The first-order chi connectivity index (χ1) is 9.93. The topological polar surface area (TPSA) is 48.0 Å². The molecule has 0 aliphatic carbocycles. The lowest BCUT2D eigenvalue weighted by Crippen LogP contribution is -2.40. The third kappa shape index (κ3) is 4.05. The van der Waals surface area contributed by atoms with Crippen LogP contribution in [0.15, 0.2) is 12.2 Å². The fourth-order valence-electron chi connectivity index (χ4n) is 3.04. The summed E-state index contributed by atoms with van der Waals surface area (Å²) in [6.45, 7) is 11.7. The summed E-state index contributed by atoms with van der Waals surface area (Å²) < 4.78 is 17.1. The molecule has 0 aromatic heterocycles. The average molecular weight is 297 g/mol. The van der Waals surface area contributed by atoms with Crippen LogP contribution in [0.1, 0.15) is 46.5 Å². The van der Waals surface area contributed by atoms with E-state index in [-0.39, 0.29) is 18.2 Å². The Balaban J connectivity index is 1.66. The molecule has 2 unspecified atom stereocenters. The number of ether oxygens (including phenoxy) is 3. The van der Waals surface area contributed by atoms with Crippen molar-refractivity contribution in [2.45, 2.75) is 64.6 Å². The summed E-state index contributed by atoms with van der Waals surface area (Å²) in [7, 11) is 0. The molecule has 0 radical (unpaired) electrons. The maximum Gasteiger partial charge on any atom is 0.333 e. The summed E-state index contributed by atoms with van der Waals surface area (Å²) in [6, 6.07) is 0. The van der Waals surface area contributed by atoms with E-state index in [9.17, 15) is 4.79 Å². The number of hydrogen-bond acceptors (Lipinski definition) is 5. The number of unbranched alkanes of at least 4 members (excludes halogenated alkanes) is 2. The molecule has 0 spiro atoms. The molecule has 21 heavy (non-hydrogen) atoms. The van der Waals surface area contributed by atoms with Gasteiger partial charge in [-0.05, 0) is 40.0 Å². The number of esters is 1. The second kappa shape index (κ2) is 6.90. The van der Waals surface area contributed by atoms with Gasteiger partial charge in [0.05, 0.1) is 18.8 Å². The van der Waals surface area contributed by atoms with E-state index in [0.29, 0.717) is 12.2 Å². The number of carbonyl (C=O) groups excluding carboxylic acids is 1. The summed E-state index contributed by atoms with van der Waals surface area (Å²) in [5.41, 5.74) is 0.450. The van der Waals surface area contributed by atoms with Crippen LogP contribution in [-0.4, -0.2) is 48.7 Å². The number of nitrogens with zero attached hydrogens (tertiary/aromatic N) is 1. The summed E-state index contributed by atoms with van der Waals surface area (Å²) in [5.74, 6) is -0.812. The third-order valence-corrected chi connectivity index (χ3v) is 3.93.